The molecule has 4 nitrogen and oxygen atoms in total. The molecule has 1 rings (SSSR count). The molecule has 0 atom stereocenters. The van der Waals surface area contributed by atoms with E-state index in [0.717, 1.165) is 5.56 Å². The maximum absolute atomic E-state index is 11.8. The van der Waals surface area contributed by atoms with Crippen molar-refractivity contribution in [3.63, 3.8) is 0 Å². The summed E-state index contributed by atoms with van der Waals surface area (Å²) < 4.78 is 0. The second kappa shape index (κ2) is 7.01. The average Bonchev–Trinajstić information content (AvgIpc) is 2.31. The molecule has 0 aromatic heterocycles. The normalized spacial score (nSPS) is 10.1. The van der Waals surface area contributed by atoms with Gasteiger partial charge < -0.3 is 10.4 Å². The highest BCUT2D eigenvalue weighted by Gasteiger charge is 2.09. The lowest BCUT2D eigenvalue weighted by atomic mass is 10.1. The molecule has 0 fully saturated rings. The standard InChI is InChI=1S/C13H16ClNO3/c1-9-10(5-4-6-11(9)14)13(18)15-8-3-2-7-12(16)17/h4-6H,2-3,7-8H2,1H3,(H,15,18)(H,16,17). The molecular weight excluding hydrogens is 254 g/mol. The Morgan fingerprint density at radius 3 is 2.72 bits per heavy atom. The molecule has 1 aromatic carbocycles. The minimum absolute atomic E-state index is 0.131. The van der Waals surface area contributed by atoms with Crippen LogP contribution in [0, 0.1) is 6.92 Å². The maximum atomic E-state index is 11.8. The van der Waals surface area contributed by atoms with E-state index in [1.807, 2.05) is 0 Å². The number of carbonyl (C=O) groups excluding carboxylic acids is 1. The van der Waals surface area contributed by atoms with Gasteiger partial charge in [0.2, 0.25) is 0 Å². The molecule has 0 heterocycles. The monoisotopic (exact) mass is 269 g/mol. The summed E-state index contributed by atoms with van der Waals surface area (Å²) in [6.45, 7) is 2.26. The van der Waals surface area contributed by atoms with Crippen molar-refractivity contribution in [1.82, 2.24) is 5.32 Å². The first-order valence-electron chi connectivity index (χ1n) is 5.77. The van der Waals surface area contributed by atoms with Gasteiger partial charge in [-0.25, -0.2) is 0 Å². The van der Waals surface area contributed by atoms with Gasteiger partial charge in [-0.2, -0.15) is 0 Å². The number of unbranched alkanes of at least 4 members (excludes halogenated alkanes) is 1. The van der Waals surface area contributed by atoms with Gasteiger partial charge in [0.15, 0.2) is 0 Å². The summed E-state index contributed by atoms with van der Waals surface area (Å²) >= 11 is 5.93. The topological polar surface area (TPSA) is 66.4 Å². The molecule has 0 unspecified atom stereocenters. The van der Waals surface area contributed by atoms with E-state index >= 15 is 0 Å². The van der Waals surface area contributed by atoms with E-state index < -0.39 is 5.97 Å². The van der Waals surface area contributed by atoms with Gasteiger partial charge in [0.05, 0.1) is 0 Å². The quantitative estimate of drug-likeness (QED) is 0.780. The van der Waals surface area contributed by atoms with Gasteiger partial charge in [0.1, 0.15) is 0 Å². The van der Waals surface area contributed by atoms with Crippen LogP contribution in [0.3, 0.4) is 0 Å². The van der Waals surface area contributed by atoms with E-state index in [2.05, 4.69) is 5.32 Å². The van der Waals surface area contributed by atoms with Crippen LogP contribution in [0.4, 0.5) is 0 Å². The Bertz CT molecular complexity index is 446. The number of halogens is 1. The largest absolute Gasteiger partial charge is 0.481 e. The lowest BCUT2D eigenvalue weighted by Crippen LogP contribution is -2.25. The van der Waals surface area contributed by atoms with Crippen LogP contribution in [0.25, 0.3) is 0 Å². The molecule has 0 aliphatic carbocycles. The number of carbonyl (C=O) groups is 2. The third-order valence-corrected chi connectivity index (χ3v) is 3.02. The molecule has 1 aromatic rings. The van der Waals surface area contributed by atoms with Crippen molar-refractivity contribution in [3.8, 4) is 0 Å². The van der Waals surface area contributed by atoms with Gasteiger partial charge in [-0.05, 0) is 37.5 Å². The minimum atomic E-state index is -0.813. The van der Waals surface area contributed by atoms with Crippen LogP contribution in [-0.4, -0.2) is 23.5 Å². The second-order valence-electron chi connectivity index (χ2n) is 4.02. The SMILES string of the molecule is Cc1c(Cl)cccc1C(=O)NCCCCC(=O)O. The first kappa shape index (κ1) is 14.5. The highest BCUT2D eigenvalue weighted by molar-refractivity contribution is 6.31. The van der Waals surface area contributed by atoms with Crippen molar-refractivity contribution in [1.29, 1.82) is 0 Å². The molecule has 0 aliphatic heterocycles. The van der Waals surface area contributed by atoms with E-state index in [1.54, 1.807) is 25.1 Å². The average molecular weight is 270 g/mol. The number of carboxylic acids is 1. The van der Waals surface area contributed by atoms with Gasteiger partial charge >= 0.3 is 5.97 Å². The molecule has 18 heavy (non-hydrogen) atoms. The van der Waals surface area contributed by atoms with Gasteiger partial charge in [-0.3, -0.25) is 9.59 Å². The molecular formula is C13H16ClNO3. The fourth-order valence-corrected chi connectivity index (χ4v) is 1.73. The summed E-state index contributed by atoms with van der Waals surface area (Å²) in [6.07, 6.45) is 1.34. The van der Waals surface area contributed by atoms with Crippen LogP contribution in [0.15, 0.2) is 18.2 Å². The van der Waals surface area contributed by atoms with Gasteiger partial charge in [-0.1, -0.05) is 17.7 Å². The van der Waals surface area contributed by atoms with E-state index in [-0.39, 0.29) is 12.3 Å². The summed E-state index contributed by atoms with van der Waals surface area (Å²) in [4.78, 5) is 22.1. The molecule has 5 heteroatoms. The first-order valence-corrected chi connectivity index (χ1v) is 6.15. The molecule has 0 radical (unpaired) electrons. The Kier molecular flexibility index (Phi) is 5.65. The number of hydrogen-bond donors (Lipinski definition) is 2. The number of aliphatic carboxylic acids is 1. The predicted molar refractivity (Wildman–Crippen MR) is 70.0 cm³/mol. The van der Waals surface area contributed by atoms with E-state index in [9.17, 15) is 9.59 Å². The van der Waals surface area contributed by atoms with Crippen LogP contribution in [0.5, 0.6) is 0 Å². The molecule has 0 saturated heterocycles. The van der Waals surface area contributed by atoms with E-state index in [0.29, 0.717) is 30.0 Å². The lowest BCUT2D eigenvalue weighted by Gasteiger charge is -2.08. The molecule has 98 valence electrons. The fourth-order valence-electron chi connectivity index (χ4n) is 1.55. The number of nitrogens with one attached hydrogen (secondary N) is 1. The van der Waals surface area contributed by atoms with Crippen LogP contribution in [0.1, 0.15) is 35.2 Å². The smallest absolute Gasteiger partial charge is 0.303 e. The first-order chi connectivity index (χ1) is 8.52. The number of benzene rings is 1. The van der Waals surface area contributed by atoms with Crippen molar-refractivity contribution in [3.05, 3.63) is 34.3 Å². The van der Waals surface area contributed by atoms with E-state index in [4.69, 9.17) is 16.7 Å². The van der Waals surface area contributed by atoms with Crippen LogP contribution in [0.2, 0.25) is 5.02 Å². The van der Waals surface area contributed by atoms with Crippen molar-refractivity contribution in [2.45, 2.75) is 26.2 Å². The fraction of sp³-hybridized carbons (Fsp3) is 0.385. The number of carboxylic acid groups (broad SMARTS) is 1. The van der Waals surface area contributed by atoms with Crippen molar-refractivity contribution < 1.29 is 14.7 Å². The highest BCUT2D eigenvalue weighted by atomic mass is 35.5. The molecule has 0 spiro atoms. The summed E-state index contributed by atoms with van der Waals surface area (Å²) in [7, 11) is 0. The van der Waals surface area contributed by atoms with Crippen LogP contribution in [-0.2, 0) is 4.79 Å². The maximum Gasteiger partial charge on any atom is 0.303 e. The van der Waals surface area contributed by atoms with Crippen molar-refractivity contribution >= 4 is 23.5 Å². The molecule has 0 aliphatic rings. The van der Waals surface area contributed by atoms with Gasteiger partial charge in [0, 0.05) is 23.6 Å². The summed E-state index contributed by atoms with van der Waals surface area (Å²) in [5.41, 5.74) is 1.31. The summed E-state index contributed by atoms with van der Waals surface area (Å²) in [5.74, 6) is -0.989. The van der Waals surface area contributed by atoms with E-state index in [1.165, 1.54) is 0 Å². The predicted octanol–water partition coefficient (Wildman–Crippen LogP) is 2.63. The minimum Gasteiger partial charge on any atom is -0.481 e. The second-order valence-corrected chi connectivity index (χ2v) is 4.43. The van der Waals surface area contributed by atoms with Crippen molar-refractivity contribution in [2.75, 3.05) is 6.54 Å². The van der Waals surface area contributed by atoms with Crippen LogP contribution >= 0.6 is 11.6 Å². The molecule has 2 N–H and O–H groups in total. The molecule has 0 bridgehead atoms. The zero-order valence-electron chi connectivity index (χ0n) is 10.2. The Balaban J connectivity index is 2.41. The molecule has 0 saturated carbocycles. The van der Waals surface area contributed by atoms with Crippen molar-refractivity contribution in [2.24, 2.45) is 0 Å². The Labute approximate surface area is 111 Å². The third-order valence-electron chi connectivity index (χ3n) is 2.62. The molecule has 1 amide bonds. The Morgan fingerprint density at radius 1 is 1.33 bits per heavy atom. The third kappa shape index (κ3) is 4.37. The number of hydrogen-bond acceptors (Lipinski definition) is 2. The number of amides is 1. The highest BCUT2D eigenvalue weighted by Crippen LogP contribution is 2.18. The number of rotatable bonds is 6. The summed E-state index contributed by atoms with van der Waals surface area (Å²) in [5, 5.41) is 11.8. The Morgan fingerprint density at radius 2 is 2.06 bits per heavy atom. The van der Waals surface area contributed by atoms with Gasteiger partial charge in [0.25, 0.3) is 5.91 Å². The zero-order chi connectivity index (χ0) is 13.5. The van der Waals surface area contributed by atoms with Gasteiger partial charge in [-0.15, -0.1) is 0 Å². The Hall–Kier alpha value is -1.55. The van der Waals surface area contributed by atoms with Crippen LogP contribution < -0.4 is 5.32 Å². The lowest BCUT2D eigenvalue weighted by molar-refractivity contribution is -0.137. The summed E-state index contributed by atoms with van der Waals surface area (Å²) in [6, 6.07) is 5.18. The zero-order valence-corrected chi connectivity index (χ0v) is 11.0.